The van der Waals surface area contributed by atoms with E-state index in [1.807, 2.05) is 17.2 Å². The van der Waals surface area contributed by atoms with Crippen LogP contribution in [0.4, 0.5) is 14.9 Å². The normalized spacial score (nSPS) is 25.1. The SMILES string of the molecule is Cc1ccc(C2CC3C4NN(CC(=O)N5CCN(c6ccccc6F)CC5)C(=O)N4C=CN3N2)cc1C. The fourth-order valence-electron chi connectivity index (χ4n) is 5.67. The van der Waals surface area contributed by atoms with E-state index in [-0.39, 0.29) is 42.5 Å². The number of nitrogens with zero attached hydrogens (tertiary/aromatic N) is 5. The topological polar surface area (TPSA) is 74.4 Å². The molecular formula is C27H32FN7O2. The zero-order valence-corrected chi connectivity index (χ0v) is 21.1. The average molecular weight is 506 g/mol. The molecule has 3 amide bonds. The summed E-state index contributed by atoms with van der Waals surface area (Å²) in [7, 11) is 0. The van der Waals surface area contributed by atoms with E-state index in [1.165, 1.54) is 27.8 Å². The Morgan fingerprint density at radius 1 is 1.00 bits per heavy atom. The fourth-order valence-corrected chi connectivity index (χ4v) is 5.67. The predicted molar refractivity (Wildman–Crippen MR) is 137 cm³/mol. The number of hydrazine groups is 2. The van der Waals surface area contributed by atoms with Crippen molar-refractivity contribution in [2.45, 2.75) is 38.5 Å². The largest absolute Gasteiger partial charge is 0.366 e. The summed E-state index contributed by atoms with van der Waals surface area (Å²) in [6.45, 7) is 6.26. The first-order valence-electron chi connectivity index (χ1n) is 12.8. The van der Waals surface area contributed by atoms with Gasteiger partial charge in [0.1, 0.15) is 18.5 Å². The molecule has 3 saturated heterocycles. The van der Waals surface area contributed by atoms with Crippen LogP contribution in [0.2, 0.25) is 0 Å². The Kier molecular flexibility index (Phi) is 6.00. The van der Waals surface area contributed by atoms with E-state index in [2.05, 4.69) is 47.9 Å². The highest BCUT2D eigenvalue weighted by atomic mass is 19.1. The highest BCUT2D eigenvalue weighted by molar-refractivity contribution is 5.85. The first-order chi connectivity index (χ1) is 17.9. The number of benzene rings is 2. The molecule has 4 aliphatic rings. The second-order valence-corrected chi connectivity index (χ2v) is 10.2. The highest BCUT2D eigenvalue weighted by Crippen LogP contribution is 2.35. The van der Waals surface area contributed by atoms with Gasteiger partial charge in [0.05, 0.1) is 17.8 Å². The van der Waals surface area contributed by atoms with Crippen molar-refractivity contribution in [1.29, 1.82) is 0 Å². The van der Waals surface area contributed by atoms with Crippen LogP contribution in [0.15, 0.2) is 54.9 Å². The van der Waals surface area contributed by atoms with Gasteiger partial charge in [0.15, 0.2) is 0 Å². The minimum absolute atomic E-state index is 0.0324. The van der Waals surface area contributed by atoms with E-state index in [9.17, 15) is 14.0 Å². The summed E-state index contributed by atoms with van der Waals surface area (Å²) in [4.78, 5) is 31.6. The van der Waals surface area contributed by atoms with Gasteiger partial charge in [-0.1, -0.05) is 30.3 Å². The molecule has 3 atom stereocenters. The van der Waals surface area contributed by atoms with E-state index >= 15 is 0 Å². The molecule has 0 bridgehead atoms. The summed E-state index contributed by atoms with van der Waals surface area (Å²) in [6, 6.07) is 13.2. The van der Waals surface area contributed by atoms with Crippen molar-refractivity contribution in [3.8, 4) is 0 Å². The molecule has 2 aromatic carbocycles. The molecule has 2 aromatic rings. The summed E-state index contributed by atoms with van der Waals surface area (Å²) in [5.41, 5.74) is 11.2. The number of halogens is 1. The molecule has 0 spiro atoms. The Morgan fingerprint density at radius 2 is 1.78 bits per heavy atom. The van der Waals surface area contributed by atoms with Gasteiger partial charge in [0.25, 0.3) is 0 Å². The van der Waals surface area contributed by atoms with Crippen molar-refractivity contribution in [2.75, 3.05) is 37.6 Å². The molecule has 0 aliphatic carbocycles. The maximum absolute atomic E-state index is 14.1. The number of piperazine rings is 1. The molecule has 0 saturated carbocycles. The Morgan fingerprint density at radius 3 is 2.54 bits per heavy atom. The monoisotopic (exact) mass is 505 g/mol. The van der Waals surface area contributed by atoms with Gasteiger partial charge in [0, 0.05) is 38.6 Å². The maximum atomic E-state index is 14.1. The molecule has 0 radical (unpaired) electrons. The number of nitrogens with one attached hydrogen (secondary N) is 2. The Bertz CT molecular complexity index is 1250. The lowest BCUT2D eigenvalue weighted by Gasteiger charge is -2.36. The zero-order valence-electron chi connectivity index (χ0n) is 21.1. The van der Waals surface area contributed by atoms with Crippen molar-refractivity contribution in [1.82, 2.24) is 30.7 Å². The summed E-state index contributed by atoms with van der Waals surface area (Å²) in [6.07, 6.45) is 4.24. The van der Waals surface area contributed by atoms with Gasteiger partial charge in [-0.05, 0) is 49.1 Å². The Balaban J connectivity index is 1.07. The summed E-state index contributed by atoms with van der Waals surface area (Å²) >= 11 is 0. The van der Waals surface area contributed by atoms with E-state index in [4.69, 9.17) is 0 Å². The van der Waals surface area contributed by atoms with Gasteiger partial charge in [-0.2, -0.15) is 0 Å². The number of hydrogen-bond donors (Lipinski definition) is 2. The number of amides is 3. The number of hydrogen-bond acceptors (Lipinski definition) is 6. The number of carbonyl (C=O) groups excluding carboxylic acids is 2. The van der Waals surface area contributed by atoms with Crippen LogP contribution in [0, 0.1) is 19.7 Å². The van der Waals surface area contributed by atoms with Gasteiger partial charge in [-0.15, -0.1) is 0 Å². The fraction of sp³-hybridized carbons (Fsp3) is 0.407. The standard InChI is InChI=1S/C27H32FN7O2/c1-18-7-8-20(15-19(18)2)22-16-24-26-30-35(27(37)33(26)13-14-34(24)29-22)17-25(36)32-11-9-31(10-12-32)23-6-4-3-5-21(23)28/h3-8,13-15,22,24,26,29-30H,9-12,16-17H2,1-2H3. The van der Waals surface area contributed by atoms with Gasteiger partial charge in [-0.3, -0.25) is 9.69 Å². The molecule has 194 valence electrons. The van der Waals surface area contributed by atoms with Gasteiger partial charge in [0.2, 0.25) is 5.91 Å². The second kappa shape index (κ2) is 9.35. The van der Waals surface area contributed by atoms with Crippen molar-refractivity contribution in [3.05, 3.63) is 77.4 Å². The second-order valence-electron chi connectivity index (χ2n) is 10.2. The quantitative estimate of drug-likeness (QED) is 0.665. The minimum Gasteiger partial charge on any atom is -0.366 e. The number of carbonyl (C=O) groups is 2. The lowest BCUT2D eigenvalue weighted by Crippen LogP contribution is -2.55. The highest BCUT2D eigenvalue weighted by Gasteiger charge is 2.48. The van der Waals surface area contributed by atoms with Crippen LogP contribution in [0.1, 0.15) is 29.2 Å². The van der Waals surface area contributed by atoms with E-state index in [0.29, 0.717) is 31.9 Å². The molecule has 0 aromatic heterocycles. The smallest absolute Gasteiger partial charge is 0.340 e. The zero-order chi connectivity index (χ0) is 25.7. The van der Waals surface area contributed by atoms with Gasteiger partial charge in [-0.25, -0.2) is 25.0 Å². The first kappa shape index (κ1) is 23.7. The summed E-state index contributed by atoms with van der Waals surface area (Å²) in [5.74, 6) is -0.374. The number of anilines is 1. The molecule has 2 N–H and O–H groups in total. The van der Waals surface area contributed by atoms with Crippen LogP contribution >= 0.6 is 0 Å². The van der Waals surface area contributed by atoms with Crippen LogP contribution in [0.5, 0.6) is 0 Å². The third-order valence-electron chi connectivity index (χ3n) is 7.98. The lowest BCUT2D eigenvalue weighted by molar-refractivity contribution is -0.132. The number of para-hydroxylation sites is 1. The maximum Gasteiger partial charge on any atom is 0.340 e. The number of aryl methyl sites for hydroxylation is 2. The molecule has 6 rings (SSSR count). The molecule has 3 fully saturated rings. The molecule has 3 unspecified atom stereocenters. The Hall–Kier alpha value is -3.63. The molecule has 10 heteroatoms. The third kappa shape index (κ3) is 4.30. The van der Waals surface area contributed by atoms with Crippen molar-refractivity contribution < 1.29 is 14.0 Å². The minimum atomic E-state index is -0.257. The van der Waals surface area contributed by atoms with Crippen LogP contribution in [-0.4, -0.2) is 76.7 Å². The third-order valence-corrected chi connectivity index (χ3v) is 7.98. The van der Waals surface area contributed by atoms with E-state index < -0.39 is 0 Å². The first-order valence-corrected chi connectivity index (χ1v) is 12.8. The molecular weight excluding hydrogens is 473 g/mol. The number of rotatable bonds is 4. The van der Waals surface area contributed by atoms with Crippen molar-refractivity contribution in [3.63, 3.8) is 0 Å². The van der Waals surface area contributed by atoms with E-state index in [0.717, 1.165) is 6.42 Å². The van der Waals surface area contributed by atoms with Gasteiger partial charge < -0.3 is 14.8 Å². The van der Waals surface area contributed by atoms with Crippen LogP contribution in [0.3, 0.4) is 0 Å². The van der Waals surface area contributed by atoms with E-state index in [1.54, 1.807) is 28.1 Å². The Labute approximate surface area is 216 Å². The summed E-state index contributed by atoms with van der Waals surface area (Å²) in [5, 5.41) is 3.49. The number of fused-ring (bicyclic) bond motifs is 3. The number of urea groups is 1. The molecule has 37 heavy (non-hydrogen) atoms. The van der Waals surface area contributed by atoms with Crippen LogP contribution < -0.4 is 15.8 Å². The van der Waals surface area contributed by atoms with Crippen molar-refractivity contribution in [2.24, 2.45) is 0 Å². The summed E-state index contributed by atoms with van der Waals surface area (Å²) < 4.78 is 14.1. The molecule has 4 heterocycles. The molecule has 9 nitrogen and oxygen atoms in total. The van der Waals surface area contributed by atoms with Gasteiger partial charge >= 0.3 is 6.03 Å². The molecule has 4 aliphatic heterocycles. The average Bonchev–Trinajstić information content (AvgIpc) is 3.47. The predicted octanol–water partition coefficient (Wildman–Crippen LogP) is 2.46. The lowest BCUT2D eigenvalue weighted by atomic mass is 9.97. The van der Waals surface area contributed by atoms with Crippen LogP contribution in [0.25, 0.3) is 0 Å². The van der Waals surface area contributed by atoms with Crippen LogP contribution in [-0.2, 0) is 4.79 Å². The van der Waals surface area contributed by atoms with Crippen molar-refractivity contribution >= 4 is 17.6 Å².